The molecule has 180 valence electrons. The summed E-state index contributed by atoms with van der Waals surface area (Å²) < 4.78 is 25.2. The fourth-order valence-electron chi connectivity index (χ4n) is 5.11. The van der Waals surface area contributed by atoms with E-state index >= 15 is 0 Å². The Morgan fingerprint density at radius 2 is 2.09 bits per heavy atom. The number of carbonyl (C=O) groups excluding carboxylic acids is 1. The third kappa shape index (κ3) is 4.54. The summed E-state index contributed by atoms with van der Waals surface area (Å²) in [4.78, 5) is 16.4. The molecule has 2 saturated heterocycles. The average Bonchev–Trinajstić information content (AvgIpc) is 3.20. The maximum atomic E-state index is 14.0. The third-order valence-corrected chi connectivity index (χ3v) is 7.06. The van der Waals surface area contributed by atoms with Gasteiger partial charge in [-0.3, -0.25) is 9.80 Å². The maximum Gasteiger partial charge on any atom is 0.338 e. The van der Waals surface area contributed by atoms with Gasteiger partial charge in [0, 0.05) is 44.3 Å². The van der Waals surface area contributed by atoms with Crippen molar-refractivity contribution in [1.29, 1.82) is 5.26 Å². The molecular formula is C25H27ClFN3O4. The number of cyclic esters (lactones) is 1. The lowest BCUT2D eigenvalue weighted by Crippen LogP contribution is -2.58. The fourth-order valence-corrected chi connectivity index (χ4v) is 5.11. The lowest BCUT2D eigenvalue weighted by Gasteiger charge is -2.46. The number of hydrogen-bond donors (Lipinski definition) is 1. The van der Waals surface area contributed by atoms with E-state index in [1.54, 1.807) is 12.1 Å². The number of aliphatic hydroxyl groups is 1. The predicted octanol–water partition coefficient (Wildman–Crippen LogP) is 2.89. The van der Waals surface area contributed by atoms with Crippen LogP contribution in [0, 0.1) is 24.1 Å². The van der Waals surface area contributed by atoms with Crippen LogP contribution in [0.1, 0.15) is 50.4 Å². The van der Waals surface area contributed by atoms with E-state index in [-0.39, 0.29) is 42.7 Å². The summed E-state index contributed by atoms with van der Waals surface area (Å²) in [6.45, 7) is 6.32. The molecular weight excluding hydrogens is 461 g/mol. The fraction of sp³-hybridized carbons (Fsp3) is 0.440. The van der Waals surface area contributed by atoms with E-state index in [0.29, 0.717) is 25.3 Å². The maximum absolute atomic E-state index is 14.0. The summed E-state index contributed by atoms with van der Waals surface area (Å²) >= 11 is 0. The monoisotopic (exact) mass is 487 g/mol. The van der Waals surface area contributed by atoms with Crippen molar-refractivity contribution < 1.29 is 23.8 Å². The Bertz CT molecular complexity index is 1140. The molecule has 0 saturated carbocycles. The zero-order valence-electron chi connectivity index (χ0n) is 18.9. The minimum atomic E-state index is -0.656. The zero-order chi connectivity index (χ0) is 23.1. The van der Waals surface area contributed by atoms with Gasteiger partial charge in [0.05, 0.1) is 29.9 Å². The number of rotatable bonds is 4. The normalized spacial score (nSPS) is 23.3. The number of esters is 1. The molecule has 3 aliphatic heterocycles. The van der Waals surface area contributed by atoms with E-state index in [4.69, 9.17) is 14.7 Å². The van der Waals surface area contributed by atoms with Crippen molar-refractivity contribution in [3.63, 3.8) is 0 Å². The van der Waals surface area contributed by atoms with Gasteiger partial charge in [-0.25, -0.2) is 9.18 Å². The van der Waals surface area contributed by atoms with Gasteiger partial charge in [-0.15, -0.1) is 12.4 Å². The van der Waals surface area contributed by atoms with E-state index in [2.05, 4.69) is 9.80 Å². The second-order valence-corrected chi connectivity index (χ2v) is 8.98. The van der Waals surface area contributed by atoms with E-state index < -0.39 is 11.9 Å². The standard InChI is InChI=1S/C25H26FN3O4.ClH/c1-15-19(4-5-20-21(15)14-33-25(20)31)23(30)11-28-6-7-29-12-24(32-13-18(29)10-28)16-2-3-17(9-27)22(26)8-16;/h2-5,8,18,23-24,30H,6-7,10-14H2,1H3;1H/t18-,23-,24-;/m1./s1. The molecule has 2 fully saturated rings. The van der Waals surface area contributed by atoms with Crippen molar-refractivity contribution >= 4 is 18.4 Å². The Labute approximate surface area is 204 Å². The van der Waals surface area contributed by atoms with E-state index in [9.17, 15) is 14.3 Å². The van der Waals surface area contributed by atoms with E-state index in [0.717, 1.165) is 41.9 Å². The van der Waals surface area contributed by atoms with E-state index in [1.807, 2.05) is 19.1 Å². The van der Waals surface area contributed by atoms with Crippen molar-refractivity contribution in [3.8, 4) is 6.07 Å². The lowest BCUT2D eigenvalue weighted by molar-refractivity contribution is -0.0938. The minimum absolute atomic E-state index is 0. The van der Waals surface area contributed by atoms with Gasteiger partial charge in [-0.1, -0.05) is 12.1 Å². The molecule has 2 aromatic carbocycles. The molecule has 0 bridgehead atoms. The largest absolute Gasteiger partial charge is 0.457 e. The molecule has 2 aromatic rings. The number of aliphatic hydroxyl groups excluding tert-OH is 1. The third-order valence-electron chi connectivity index (χ3n) is 7.06. The van der Waals surface area contributed by atoms with Gasteiger partial charge in [0.25, 0.3) is 0 Å². The topological polar surface area (TPSA) is 86.0 Å². The molecule has 5 rings (SSSR count). The molecule has 9 heteroatoms. The molecule has 34 heavy (non-hydrogen) atoms. The van der Waals surface area contributed by atoms with Crippen LogP contribution < -0.4 is 0 Å². The minimum Gasteiger partial charge on any atom is -0.457 e. The van der Waals surface area contributed by atoms with Gasteiger partial charge in [0.1, 0.15) is 18.5 Å². The SMILES string of the molecule is Cc1c([C@H](O)CN2CCN3C[C@H](c4ccc(C#N)c(F)c4)OC[C@H]3C2)ccc2c1COC2=O.Cl. The number of β-amino-alcohol motifs (C(OH)–C–C–N with tert-alkyl or cyclic N) is 1. The summed E-state index contributed by atoms with van der Waals surface area (Å²) in [6.07, 6.45) is -0.879. The molecule has 0 spiro atoms. The Hall–Kier alpha value is -2.54. The molecule has 1 N–H and O–H groups in total. The van der Waals surface area contributed by atoms with Crippen LogP contribution in [0.3, 0.4) is 0 Å². The number of morpholine rings is 1. The highest BCUT2D eigenvalue weighted by Gasteiger charge is 2.35. The number of nitriles is 1. The first-order chi connectivity index (χ1) is 15.9. The Morgan fingerprint density at radius 3 is 2.85 bits per heavy atom. The van der Waals surface area contributed by atoms with Crippen molar-refractivity contribution in [3.05, 3.63) is 69.5 Å². The van der Waals surface area contributed by atoms with Crippen LogP contribution in [0.5, 0.6) is 0 Å². The van der Waals surface area contributed by atoms with Crippen LogP contribution in [0.15, 0.2) is 30.3 Å². The predicted molar refractivity (Wildman–Crippen MR) is 124 cm³/mol. The molecule has 0 aliphatic carbocycles. The second kappa shape index (κ2) is 9.98. The van der Waals surface area contributed by atoms with Crippen molar-refractivity contribution in [1.82, 2.24) is 9.80 Å². The lowest BCUT2D eigenvalue weighted by atomic mass is 9.95. The zero-order valence-corrected chi connectivity index (χ0v) is 19.7. The number of nitrogens with zero attached hydrogens (tertiary/aromatic N) is 3. The second-order valence-electron chi connectivity index (χ2n) is 8.98. The van der Waals surface area contributed by atoms with Gasteiger partial charge >= 0.3 is 5.97 Å². The van der Waals surface area contributed by atoms with Crippen LogP contribution in [-0.2, 0) is 16.1 Å². The molecule has 0 aromatic heterocycles. The smallest absolute Gasteiger partial charge is 0.338 e. The molecule has 7 nitrogen and oxygen atoms in total. The summed E-state index contributed by atoms with van der Waals surface area (Å²) in [7, 11) is 0. The molecule has 0 radical (unpaired) electrons. The highest BCUT2D eigenvalue weighted by atomic mass is 35.5. The van der Waals surface area contributed by atoms with Gasteiger partial charge in [0.2, 0.25) is 0 Å². The Kier molecular flexibility index (Phi) is 7.22. The van der Waals surface area contributed by atoms with Gasteiger partial charge in [0.15, 0.2) is 0 Å². The van der Waals surface area contributed by atoms with E-state index in [1.165, 1.54) is 12.1 Å². The van der Waals surface area contributed by atoms with Gasteiger partial charge in [-0.05, 0) is 41.8 Å². The van der Waals surface area contributed by atoms with Crippen LogP contribution in [0.4, 0.5) is 4.39 Å². The summed E-state index contributed by atoms with van der Waals surface area (Å²) in [5.41, 5.74) is 4.00. The number of benzene rings is 2. The Balaban J connectivity index is 0.00000274. The average molecular weight is 488 g/mol. The van der Waals surface area contributed by atoms with Crippen LogP contribution in [0.2, 0.25) is 0 Å². The van der Waals surface area contributed by atoms with Crippen molar-refractivity contribution in [2.24, 2.45) is 0 Å². The van der Waals surface area contributed by atoms with Crippen LogP contribution >= 0.6 is 12.4 Å². The molecule has 3 heterocycles. The van der Waals surface area contributed by atoms with Gasteiger partial charge in [-0.2, -0.15) is 5.26 Å². The van der Waals surface area contributed by atoms with Gasteiger partial charge < -0.3 is 14.6 Å². The van der Waals surface area contributed by atoms with Crippen molar-refractivity contribution in [2.75, 3.05) is 39.3 Å². The number of piperazine rings is 1. The Morgan fingerprint density at radius 1 is 1.26 bits per heavy atom. The van der Waals surface area contributed by atoms with Crippen molar-refractivity contribution in [2.45, 2.75) is 31.8 Å². The molecule has 3 atom stereocenters. The molecule has 0 amide bonds. The number of hydrogen-bond acceptors (Lipinski definition) is 7. The number of fused-ring (bicyclic) bond motifs is 2. The molecule has 0 unspecified atom stereocenters. The first-order valence-electron chi connectivity index (χ1n) is 11.2. The highest BCUT2D eigenvalue weighted by molar-refractivity contribution is 5.93. The summed E-state index contributed by atoms with van der Waals surface area (Å²) in [6, 6.07) is 10.3. The number of halogens is 2. The quantitative estimate of drug-likeness (QED) is 0.663. The first kappa shape index (κ1) is 24.6. The molecule has 3 aliphatic rings. The highest BCUT2D eigenvalue weighted by Crippen LogP contribution is 2.31. The van der Waals surface area contributed by atoms with Crippen LogP contribution in [0.25, 0.3) is 0 Å². The summed E-state index contributed by atoms with van der Waals surface area (Å²) in [5, 5.41) is 19.9. The number of carbonyl (C=O) groups is 1. The van der Waals surface area contributed by atoms with Crippen LogP contribution in [-0.4, -0.2) is 66.2 Å². The number of ether oxygens (including phenoxy) is 2. The summed E-state index contributed by atoms with van der Waals surface area (Å²) in [5.74, 6) is -0.818. The first-order valence-corrected chi connectivity index (χ1v) is 11.2.